The van der Waals surface area contributed by atoms with Crippen LogP contribution in [0.4, 0.5) is 13.2 Å². The fourth-order valence-electron chi connectivity index (χ4n) is 5.45. The van der Waals surface area contributed by atoms with Gasteiger partial charge in [0.25, 0.3) is 0 Å². The van der Waals surface area contributed by atoms with Gasteiger partial charge in [-0.3, -0.25) is 19.4 Å². The summed E-state index contributed by atoms with van der Waals surface area (Å²) < 4.78 is 39.3. The number of fused-ring (bicyclic) bond motifs is 1. The Hall–Kier alpha value is -1.93. The fraction of sp³-hybridized carbons (Fsp3) is 0.692. The van der Waals surface area contributed by atoms with Crippen LogP contribution in [0.5, 0.6) is 0 Å². The van der Waals surface area contributed by atoms with Gasteiger partial charge in [-0.05, 0) is 48.6 Å². The van der Waals surface area contributed by atoms with E-state index in [0.717, 1.165) is 25.5 Å². The number of nitrogens with zero attached hydrogens (tertiary/aromatic N) is 2. The van der Waals surface area contributed by atoms with Gasteiger partial charge in [-0.25, -0.2) is 0 Å². The maximum Gasteiger partial charge on any atom is 0.416 e. The second kappa shape index (κ2) is 9.97. The molecular weight excluding hydrogens is 443 g/mol. The Morgan fingerprint density at radius 1 is 1.15 bits per heavy atom. The van der Waals surface area contributed by atoms with Crippen molar-refractivity contribution in [3.05, 3.63) is 35.4 Å². The molecule has 2 fully saturated rings. The van der Waals surface area contributed by atoms with E-state index in [2.05, 4.69) is 4.90 Å². The van der Waals surface area contributed by atoms with E-state index in [9.17, 15) is 22.8 Å². The molecule has 0 radical (unpaired) electrons. The molecule has 8 heteroatoms. The molecule has 34 heavy (non-hydrogen) atoms. The van der Waals surface area contributed by atoms with Gasteiger partial charge < -0.3 is 5.73 Å². The van der Waals surface area contributed by atoms with E-state index < -0.39 is 23.2 Å². The van der Waals surface area contributed by atoms with Crippen molar-refractivity contribution in [3.63, 3.8) is 0 Å². The average Bonchev–Trinajstić information content (AvgIpc) is 3.27. The van der Waals surface area contributed by atoms with E-state index in [4.69, 9.17) is 5.73 Å². The van der Waals surface area contributed by atoms with Gasteiger partial charge in [0.2, 0.25) is 11.8 Å². The van der Waals surface area contributed by atoms with Crippen LogP contribution in [0.15, 0.2) is 24.3 Å². The van der Waals surface area contributed by atoms with Gasteiger partial charge in [0, 0.05) is 31.1 Å². The van der Waals surface area contributed by atoms with Crippen molar-refractivity contribution in [3.8, 4) is 0 Å². The van der Waals surface area contributed by atoms with Crippen LogP contribution < -0.4 is 5.73 Å². The maximum atomic E-state index is 13.4. The number of benzene rings is 1. The van der Waals surface area contributed by atoms with Crippen molar-refractivity contribution in [2.45, 2.75) is 78.7 Å². The topological polar surface area (TPSA) is 66.6 Å². The molecule has 1 saturated carbocycles. The quantitative estimate of drug-likeness (QED) is 0.640. The van der Waals surface area contributed by atoms with Crippen LogP contribution in [0, 0.1) is 23.2 Å². The number of hydrogen-bond acceptors (Lipinski definition) is 4. The first kappa shape index (κ1) is 26.7. The van der Waals surface area contributed by atoms with Crippen molar-refractivity contribution in [1.29, 1.82) is 0 Å². The Bertz CT molecular complexity index is 894. The van der Waals surface area contributed by atoms with E-state index in [1.165, 1.54) is 17.0 Å². The molecule has 1 heterocycles. The number of likely N-dealkylation sites (tertiary alicyclic amines) is 1. The summed E-state index contributed by atoms with van der Waals surface area (Å²) in [7, 11) is 0. The zero-order valence-corrected chi connectivity index (χ0v) is 20.9. The first-order valence-electron chi connectivity index (χ1n) is 12.2. The smallest absolute Gasteiger partial charge is 0.320 e. The van der Waals surface area contributed by atoms with E-state index in [1.54, 1.807) is 6.07 Å². The molecule has 1 aliphatic heterocycles. The lowest BCUT2D eigenvalue weighted by atomic mass is 9.90. The summed E-state index contributed by atoms with van der Waals surface area (Å²) in [6.07, 6.45) is -2.23. The van der Waals surface area contributed by atoms with Crippen LogP contribution in [0.25, 0.3) is 0 Å². The highest BCUT2D eigenvalue weighted by Crippen LogP contribution is 2.42. The number of imide groups is 1. The number of nitrogens with two attached hydrogens (primary N) is 1. The Morgan fingerprint density at radius 3 is 2.41 bits per heavy atom. The van der Waals surface area contributed by atoms with Gasteiger partial charge in [0.05, 0.1) is 11.6 Å². The lowest BCUT2D eigenvalue weighted by Crippen LogP contribution is -2.56. The minimum absolute atomic E-state index is 0.104. The number of alkyl halides is 3. The molecule has 0 spiro atoms. The lowest BCUT2D eigenvalue weighted by molar-refractivity contribution is -0.155. The zero-order chi connectivity index (χ0) is 25.4. The zero-order valence-electron chi connectivity index (χ0n) is 20.9. The van der Waals surface area contributed by atoms with Gasteiger partial charge in [-0.1, -0.05) is 52.8 Å². The number of carbonyl (C=O) groups excluding carboxylic acids is 2. The van der Waals surface area contributed by atoms with Crippen LogP contribution in [-0.4, -0.2) is 46.8 Å². The maximum absolute atomic E-state index is 13.4. The summed E-state index contributed by atoms with van der Waals surface area (Å²) in [5.41, 5.74) is 5.49. The van der Waals surface area contributed by atoms with Crippen LogP contribution in [0.2, 0.25) is 0 Å². The summed E-state index contributed by atoms with van der Waals surface area (Å²) >= 11 is 0. The minimum Gasteiger partial charge on any atom is -0.320 e. The second-order valence-electron chi connectivity index (χ2n) is 11.5. The van der Waals surface area contributed by atoms with E-state index >= 15 is 0 Å². The molecule has 2 amide bonds. The SMILES string of the molecule is CC(C)C[C@H](N)C(=O)N(C(=O)C(C)(C)C)C1CC[C@H]2CN(Cc3cccc(C(F)(F)F)c3)CC12. The molecule has 1 aromatic rings. The van der Waals surface area contributed by atoms with Gasteiger partial charge in [0.1, 0.15) is 0 Å². The number of hydrogen-bond donors (Lipinski definition) is 1. The molecule has 3 rings (SSSR count). The molecule has 1 aromatic carbocycles. The summed E-state index contributed by atoms with van der Waals surface area (Å²) in [6, 6.07) is 4.48. The number of amides is 2. The molecule has 0 bridgehead atoms. The van der Waals surface area contributed by atoms with Crippen molar-refractivity contribution < 1.29 is 22.8 Å². The first-order valence-corrected chi connectivity index (χ1v) is 12.2. The number of rotatable bonds is 6. The average molecular weight is 482 g/mol. The van der Waals surface area contributed by atoms with Crippen molar-refractivity contribution in [2.75, 3.05) is 13.1 Å². The highest BCUT2D eigenvalue weighted by atomic mass is 19.4. The van der Waals surface area contributed by atoms with Crippen LogP contribution in [0.3, 0.4) is 0 Å². The van der Waals surface area contributed by atoms with Gasteiger partial charge in [-0.15, -0.1) is 0 Å². The lowest BCUT2D eigenvalue weighted by Gasteiger charge is -2.37. The predicted octanol–water partition coefficient (Wildman–Crippen LogP) is 4.69. The third-order valence-electron chi connectivity index (χ3n) is 7.03. The molecule has 1 saturated heterocycles. The molecule has 0 aromatic heterocycles. The summed E-state index contributed by atoms with van der Waals surface area (Å²) in [5, 5.41) is 0. The van der Waals surface area contributed by atoms with Crippen molar-refractivity contribution >= 4 is 11.8 Å². The molecule has 2 aliphatic rings. The van der Waals surface area contributed by atoms with E-state index in [1.807, 2.05) is 34.6 Å². The number of halogens is 3. The molecule has 2 unspecified atom stereocenters. The Morgan fingerprint density at radius 2 is 1.82 bits per heavy atom. The van der Waals surface area contributed by atoms with Gasteiger partial charge in [-0.2, -0.15) is 13.2 Å². The number of carbonyl (C=O) groups is 2. The van der Waals surface area contributed by atoms with Crippen molar-refractivity contribution in [1.82, 2.24) is 9.80 Å². The predicted molar refractivity (Wildman–Crippen MR) is 125 cm³/mol. The van der Waals surface area contributed by atoms with Crippen LogP contribution in [0.1, 0.15) is 65.0 Å². The molecule has 2 N–H and O–H groups in total. The standard InChI is InChI=1S/C26H38F3N3O2/c1-16(2)11-21(30)23(33)32(24(34)25(3,4)5)22-10-9-18-14-31(15-20(18)22)13-17-7-6-8-19(12-17)26(27,28)29/h6-8,12,16,18,20-22H,9-11,13-15,30H2,1-5H3/t18-,20?,21-,22?/m0/s1. The molecular formula is C26H38F3N3O2. The summed E-state index contributed by atoms with van der Waals surface area (Å²) in [6.45, 7) is 11.2. The largest absolute Gasteiger partial charge is 0.416 e. The van der Waals surface area contributed by atoms with Gasteiger partial charge in [0.15, 0.2) is 0 Å². The minimum atomic E-state index is -4.37. The Labute approximate surface area is 200 Å². The fourth-order valence-corrected chi connectivity index (χ4v) is 5.45. The van der Waals surface area contributed by atoms with Crippen LogP contribution in [-0.2, 0) is 22.3 Å². The van der Waals surface area contributed by atoms with Crippen LogP contribution >= 0.6 is 0 Å². The van der Waals surface area contributed by atoms with E-state index in [0.29, 0.717) is 31.0 Å². The highest BCUT2D eigenvalue weighted by Gasteiger charge is 2.49. The summed E-state index contributed by atoms with van der Waals surface area (Å²) in [4.78, 5) is 30.4. The van der Waals surface area contributed by atoms with Crippen molar-refractivity contribution in [2.24, 2.45) is 28.9 Å². The Kier molecular flexibility index (Phi) is 7.82. The normalized spacial score (nSPS) is 24.4. The monoisotopic (exact) mass is 481 g/mol. The molecule has 1 aliphatic carbocycles. The molecule has 4 atom stereocenters. The third-order valence-corrected chi connectivity index (χ3v) is 7.03. The molecule has 190 valence electrons. The third kappa shape index (κ3) is 6.00. The first-order chi connectivity index (χ1) is 15.7. The van der Waals surface area contributed by atoms with Gasteiger partial charge >= 0.3 is 6.18 Å². The van der Waals surface area contributed by atoms with E-state index in [-0.39, 0.29) is 29.7 Å². The second-order valence-corrected chi connectivity index (χ2v) is 11.5. The molecule has 5 nitrogen and oxygen atoms in total. The highest BCUT2D eigenvalue weighted by molar-refractivity contribution is 6.00. The Balaban J connectivity index is 1.78. The summed E-state index contributed by atoms with van der Waals surface area (Å²) in [5.74, 6) is 0.123.